The molecule has 118 valence electrons. The molecule has 2 rings (SSSR count). The lowest BCUT2D eigenvalue weighted by Crippen LogP contribution is -2.24. The van der Waals surface area contributed by atoms with Gasteiger partial charge in [-0.3, -0.25) is 4.79 Å². The van der Waals surface area contributed by atoms with Crippen molar-refractivity contribution in [2.75, 3.05) is 6.61 Å². The number of hydrogen-bond donors (Lipinski definition) is 1. The molecule has 0 spiro atoms. The molecule has 0 bridgehead atoms. The van der Waals surface area contributed by atoms with Crippen LogP contribution in [0, 0.1) is 0 Å². The highest BCUT2D eigenvalue weighted by Crippen LogP contribution is 2.20. The topological polar surface area (TPSA) is 90.1 Å². The molecule has 0 fully saturated rings. The summed E-state index contributed by atoms with van der Waals surface area (Å²) in [6, 6.07) is 1.66. The van der Waals surface area contributed by atoms with E-state index in [0.29, 0.717) is 34.2 Å². The molecule has 2 aromatic heterocycles. The number of amides is 1. The van der Waals surface area contributed by atoms with E-state index in [4.69, 9.17) is 9.26 Å². The van der Waals surface area contributed by atoms with E-state index < -0.39 is 0 Å². The van der Waals surface area contributed by atoms with Gasteiger partial charge in [-0.15, -0.1) is 0 Å². The minimum Gasteiger partial charge on any atom is -0.477 e. The normalized spacial score (nSPS) is 10.8. The van der Waals surface area contributed by atoms with Gasteiger partial charge in [-0.25, -0.2) is 4.98 Å². The molecule has 0 unspecified atom stereocenters. The van der Waals surface area contributed by atoms with E-state index in [2.05, 4.69) is 36.4 Å². The Labute approximate surface area is 136 Å². The minimum absolute atomic E-state index is 0.149. The number of halogens is 1. The number of nitrogens with zero attached hydrogens (tertiary/aromatic N) is 3. The highest BCUT2D eigenvalue weighted by molar-refractivity contribution is 9.10. The van der Waals surface area contributed by atoms with Crippen LogP contribution in [0.25, 0.3) is 0 Å². The van der Waals surface area contributed by atoms with Crippen molar-refractivity contribution in [2.24, 2.45) is 0 Å². The maximum absolute atomic E-state index is 12.3. The second-order valence-electron chi connectivity index (χ2n) is 4.83. The molecule has 22 heavy (non-hydrogen) atoms. The first-order valence-corrected chi connectivity index (χ1v) is 7.69. The van der Waals surface area contributed by atoms with E-state index in [9.17, 15) is 4.79 Å². The summed E-state index contributed by atoms with van der Waals surface area (Å²) in [7, 11) is 0. The molecule has 0 saturated carbocycles. The number of hydrogen-bond acceptors (Lipinski definition) is 6. The first-order valence-electron chi connectivity index (χ1n) is 6.90. The molecule has 0 aromatic carbocycles. The first kappa shape index (κ1) is 16.4. The number of rotatable bonds is 6. The highest BCUT2D eigenvalue weighted by atomic mass is 79.9. The first-order chi connectivity index (χ1) is 10.5. The quantitative estimate of drug-likeness (QED) is 0.842. The lowest BCUT2D eigenvalue weighted by molar-refractivity contribution is 0.0945. The second kappa shape index (κ2) is 7.35. The van der Waals surface area contributed by atoms with Gasteiger partial charge in [-0.05, 0) is 28.9 Å². The zero-order chi connectivity index (χ0) is 16.1. The van der Waals surface area contributed by atoms with E-state index in [-0.39, 0.29) is 18.4 Å². The standard InChI is InChI=1S/C14H17BrN4O3/c1-4-21-14-10(5-9(15)6-17-14)12(20)16-7-11-18-13(8(2)3)22-19-11/h5-6,8H,4,7H2,1-3H3,(H,16,20). The molecule has 8 heteroatoms. The Morgan fingerprint density at radius 1 is 1.50 bits per heavy atom. The van der Waals surface area contributed by atoms with E-state index in [1.807, 2.05) is 20.8 Å². The van der Waals surface area contributed by atoms with Gasteiger partial charge in [0.15, 0.2) is 5.82 Å². The Morgan fingerprint density at radius 3 is 2.91 bits per heavy atom. The third kappa shape index (κ3) is 4.03. The van der Waals surface area contributed by atoms with Gasteiger partial charge in [0.25, 0.3) is 5.91 Å². The summed E-state index contributed by atoms with van der Waals surface area (Å²) in [6.07, 6.45) is 1.58. The van der Waals surface area contributed by atoms with E-state index in [1.165, 1.54) is 0 Å². The number of ether oxygens (including phenoxy) is 1. The van der Waals surface area contributed by atoms with Crippen molar-refractivity contribution in [1.29, 1.82) is 0 Å². The third-order valence-electron chi connectivity index (χ3n) is 2.73. The van der Waals surface area contributed by atoms with Crippen molar-refractivity contribution in [3.05, 3.63) is 34.0 Å². The van der Waals surface area contributed by atoms with Crippen LogP contribution >= 0.6 is 15.9 Å². The molecule has 0 radical (unpaired) electrons. The third-order valence-corrected chi connectivity index (χ3v) is 3.16. The number of pyridine rings is 1. The molecule has 0 aliphatic heterocycles. The molecule has 0 aliphatic rings. The van der Waals surface area contributed by atoms with Crippen molar-refractivity contribution < 1.29 is 14.1 Å². The summed E-state index contributed by atoms with van der Waals surface area (Å²) in [5, 5.41) is 6.55. The maximum atomic E-state index is 12.3. The summed E-state index contributed by atoms with van der Waals surface area (Å²) in [4.78, 5) is 20.6. The zero-order valence-electron chi connectivity index (χ0n) is 12.6. The summed E-state index contributed by atoms with van der Waals surface area (Å²) in [6.45, 7) is 6.34. The predicted octanol–water partition coefficient (Wildman–Crippen LogP) is 2.68. The molecule has 0 atom stereocenters. The number of aromatic nitrogens is 3. The van der Waals surface area contributed by atoms with Gasteiger partial charge in [0.2, 0.25) is 11.8 Å². The van der Waals surface area contributed by atoms with Crippen molar-refractivity contribution in [1.82, 2.24) is 20.4 Å². The Morgan fingerprint density at radius 2 is 2.27 bits per heavy atom. The molecule has 2 heterocycles. The van der Waals surface area contributed by atoms with Crippen LogP contribution in [-0.2, 0) is 6.54 Å². The summed E-state index contributed by atoms with van der Waals surface area (Å²) >= 11 is 3.29. The number of carbonyl (C=O) groups is 1. The largest absolute Gasteiger partial charge is 0.477 e. The maximum Gasteiger partial charge on any atom is 0.257 e. The Bertz CT molecular complexity index is 657. The van der Waals surface area contributed by atoms with Gasteiger partial charge in [0, 0.05) is 16.6 Å². The highest BCUT2D eigenvalue weighted by Gasteiger charge is 2.16. The Hall–Kier alpha value is -1.96. The molecular weight excluding hydrogens is 352 g/mol. The fourth-order valence-corrected chi connectivity index (χ4v) is 2.00. The monoisotopic (exact) mass is 368 g/mol. The van der Waals surface area contributed by atoms with E-state index in [0.717, 1.165) is 0 Å². The Kier molecular flexibility index (Phi) is 5.48. The molecule has 0 saturated heterocycles. The predicted molar refractivity (Wildman–Crippen MR) is 82.7 cm³/mol. The smallest absolute Gasteiger partial charge is 0.257 e. The van der Waals surface area contributed by atoms with E-state index in [1.54, 1.807) is 12.3 Å². The summed E-state index contributed by atoms with van der Waals surface area (Å²) < 4.78 is 11.1. The average Bonchev–Trinajstić information content (AvgIpc) is 2.96. The van der Waals surface area contributed by atoms with Crippen LogP contribution < -0.4 is 10.1 Å². The Balaban J connectivity index is 2.06. The van der Waals surface area contributed by atoms with Gasteiger partial charge in [-0.1, -0.05) is 19.0 Å². The van der Waals surface area contributed by atoms with Gasteiger partial charge < -0.3 is 14.6 Å². The van der Waals surface area contributed by atoms with Crippen LogP contribution in [0.5, 0.6) is 5.88 Å². The molecule has 1 N–H and O–H groups in total. The lowest BCUT2D eigenvalue weighted by Gasteiger charge is -2.09. The van der Waals surface area contributed by atoms with Crippen LogP contribution in [0.2, 0.25) is 0 Å². The molecular formula is C14H17BrN4O3. The lowest BCUT2D eigenvalue weighted by atomic mass is 10.2. The van der Waals surface area contributed by atoms with Crippen LogP contribution in [-0.4, -0.2) is 27.6 Å². The fraction of sp³-hybridized carbons (Fsp3) is 0.429. The average molecular weight is 369 g/mol. The summed E-state index contributed by atoms with van der Waals surface area (Å²) in [5.41, 5.74) is 0.351. The van der Waals surface area contributed by atoms with Crippen molar-refractivity contribution in [3.63, 3.8) is 0 Å². The van der Waals surface area contributed by atoms with Gasteiger partial charge >= 0.3 is 0 Å². The summed E-state index contributed by atoms with van der Waals surface area (Å²) in [5.74, 6) is 1.10. The van der Waals surface area contributed by atoms with Gasteiger partial charge in [-0.2, -0.15) is 4.98 Å². The molecule has 7 nitrogen and oxygen atoms in total. The SMILES string of the molecule is CCOc1ncc(Br)cc1C(=O)NCc1noc(C(C)C)n1. The van der Waals surface area contributed by atoms with Crippen molar-refractivity contribution >= 4 is 21.8 Å². The van der Waals surface area contributed by atoms with Gasteiger partial charge in [0.05, 0.1) is 13.2 Å². The second-order valence-corrected chi connectivity index (χ2v) is 5.74. The van der Waals surface area contributed by atoms with Crippen LogP contribution in [0.3, 0.4) is 0 Å². The zero-order valence-corrected chi connectivity index (χ0v) is 14.2. The van der Waals surface area contributed by atoms with E-state index >= 15 is 0 Å². The molecule has 1 amide bonds. The van der Waals surface area contributed by atoms with Crippen molar-refractivity contribution in [2.45, 2.75) is 33.2 Å². The number of carbonyl (C=O) groups excluding carboxylic acids is 1. The van der Waals surface area contributed by atoms with Crippen LogP contribution in [0.1, 0.15) is 48.8 Å². The van der Waals surface area contributed by atoms with Crippen LogP contribution in [0.15, 0.2) is 21.3 Å². The van der Waals surface area contributed by atoms with Gasteiger partial charge in [0.1, 0.15) is 5.56 Å². The number of nitrogens with one attached hydrogen (secondary N) is 1. The molecule has 0 aliphatic carbocycles. The minimum atomic E-state index is -0.312. The van der Waals surface area contributed by atoms with Crippen LogP contribution in [0.4, 0.5) is 0 Å². The molecule has 2 aromatic rings. The van der Waals surface area contributed by atoms with Crippen molar-refractivity contribution in [3.8, 4) is 5.88 Å². The fourth-order valence-electron chi connectivity index (χ4n) is 1.67.